The first-order valence-corrected chi connectivity index (χ1v) is 12.6. The van der Waals surface area contributed by atoms with Crippen molar-refractivity contribution in [2.45, 2.75) is 20.3 Å². The number of fused-ring (bicyclic) bond motifs is 1. The summed E-state index contributed by atoms with van der Waals surface area (Å²) < 4.78 is 0. The van der Waals surface area contributed by atoms with Crippen LogP contribution in [0.3, 0.4) is 0 Å². The molecule has 5 rings (SSSR count). The fourth-order valence-corrected chi connectivity index (χ4v) is 3.90. The fraction of sp³-hybridized carbons (Fsp3) is 0.0909. The summed E-state index contributed by atoms with van der Waals surface area (Å²) >= 11 is 0. The molecule has 5 heteroatoms. The Kier molecular flexibility index (Phi) is 10.2. The van der Waals surface area contributed by atoms with Crippen LogP contribution in [0.5, 0.6) is 0 Å². The van der Waals surface area contributed by atoms with E-state index in [1.165, 1.54) is 11.1 Å². The molecule has 0 saturated carbocycles. The van der Waals surface area contributed by atoms with Crippen molar-refractivity contribution in [1.29, 1.82) is 5.41 Å². The highest BCUT2D eigenvalue weighted by atomic mass is 15.2. The Bertz CT molecular complexity index is 1410. The molecule has 1 aliphatic rings. The Morgan fingerprint density at radius 3 is 2.16 bits per heavy atom. The smallest absolute Gasteiger partial charge is 0.122 e. The Morgan fingerprint density at radius 2 is 1.50 bits per heavy atom. The van der Waals surface area contributed by atoms with Gasteiger partial charge in [0.25, 0.3) is 0 Å². The van der Waals surface area contributed by atoms with Crippen molar-refractivity contribution in [3.05, 3.63) is 144 Å². The lowest BCUT2D eigenvalue weighted by Crippen LogP contribution is -2.15. The maximum atomic E-state index is 7.01. The van der Waals surface area contributed by atoms with Crippen LogP contribution >= 0.6 is 0 Å². The van der Waals surface area contributed by atoms with Crippen molar-refractivity contribution in [2.24, 2.45) is 10.7 Å². The molecule has 192 valence electrons. The summed E-state index contributed by atoms with van der Waals surface area (Å²) in [6.45, 7) is 8.25. The Hall–Kier alpha value is -4.90. The van der Waals surface area contributed by atoms with Gasteiger partial charge in [0, 0.05) is 28.8 Å². The van der Waals surface area contributed by atoms with Crippen molar-refractivity contribution < 1.29 is 0 Å². The highest BCUT2D eigenvalue weighted by Crippen LogP contribution is 2.39. The summed E-state index contributed by atoms with van der Waals surface area (Å²) in [4.78, 5) is 6.65. The second kappa shape index (κ2) is 14.0. The van der Waals surface area contributed by atoms with Crippen molar-refractivity contribution >= 4 is 34.8 Å². The van der Waals surface area contributed by atoms with E-state index in [0.717, 1.165) is 34.7 Å². The van der Waals surface area contributed by atoms with Gasteiger partial charge in [0.05, 0.1) is 11.4 Å². The van der Waals surface area contributed by atoms with E-state index in [4.69, 9.17) is 16.9 Å². The van der Waals surface area contributed by atoms with E-state index in [2.05, 4.69) is 65.0 Å². The zero-order valence-electron chi connectivity index (χ0n) is 22.0. The van der Waals surface area contributed by atoms with Crippen molar-refractivity contribution in [3.63, 3.8) is 0 Å². The van der Waals surface area contributed by atoms with Gasteiger partial charge in [-0.2, -0.15) is 0 Å². The van der Waals surface area contributed by atoms with Gasteiger partial charge in [0.15, 0.2) is 0 Å². The zero-order valence-corrected chi connectivity index (χ0v) is 22.0. The van der Waals surface area contributed by atoms with E-state index < -0.39 is 0 Å². The number of hydrogen-bond acceptors (Lipinski definition) is 4. The summed E-state index contributed by atoms with van der Waals surface area (Å²) in [5.41, 5.74) is 18.9. The number of amidine groups is 1. The van der Waals surface area contributed by atoms with Crippen LogP contribution in [0.4, 0.5) is 22.7 Å². The third-order valence-electron chi connectivity index (χ3n) is 5.62. The lowest BCUT2D eigenvalue weighted by molar-refractivity contribution is 1.16. The van der Waals surface area contributed by atoms with Gasteiger partial charge in [-0.1, -0.05) is 93.2 Å². The van der Waals surface area contributed by atoms with Gasteiger partial charge >= 0.3 is 0 Å². The zero-order chi connectivity index (χ0) is 27.3. The van der Waals surface area contributed by atoms with Gasteiger partial charge in [-0.15, -0.1) is 0 Å². The number of nitrogen functional groups attached to an aromatic ring is 2. The predicted molar refractivity (Wildman–Crippen MR) is 164 cm³/mol. The van der Waals surface area contributed by atoms with Crippen molar-refractivity contribution in [1.82, 2.24) is 0 Å². The van der Waals surface area contributed by atoms with E-state index >= 15 is 0 Å². The van der Waals surface area contributed by atoms with Gasteiger partial charge < -0.3 is 16.4 Å². The van der Waals surface area contributed by atoms with E-state index in [0.29, 0.717) is 5.69 Å². The number of hydrogen-bond donors (Lipinski definition) is 3. The molecule has 0 saturated heterocycles. The molecule has 38 heavy (non-hydrogen) atoms. The third kappa shape index (κ3) is 7.55. The lowest BCUT2D eigenvalue weighted by atomic mass is 10.0. The van der Waals surface area contributed by atoms with Crippen molar-refractivity contribution in [3.8, 4) is 0 Å². The SMILES string of the molecule is C=C1/C=C\C=Nc2cc(N)ccc2N1c1cccc(Cc2ccccc2)c1.CC.N=C(N)c1ccccc1. The molecule has 0 unspecified atom stereocenters. The van der Waals surface area contributed by atoms with Crippen LogP contribution in [0, 0.1) is 5.41 Å². The van der Waals surface area contributed by atoms with Gasteiger partial charge in [-0.05, 0) is 60.0 Å². The first-order valence-electron chi connectivity index (χ1n) is 12.6. The molecular weight excluding hydrogens is 466 g/mol. The second-order valence-corrected chi connectivity index (χ2v) is 8.32. The molecule has 5 N–H and O–H groups in total. The molecule has 0 spiro atoms. The van der Waals surface area contributed by atoms with Crippen LogP contribution in [-0.4, -0.2) is 12.1 Å². The van der Waals surface area contributed by atoms with Gasteiger partial charge in [-0.25, -0.2) is 0 Å². The number of allylic oxidation sites excluding steroid dienone is 2. The minimum absolute atomic E-state index is 0.121. The van der Waals surface area contributed by atoms with E-state index in [1.54, 1.807) is 6.21 Å². The minimum atomic E-state index is 0.121. The summed E-state index contributed by atoms with van der Waals surface area (Å²) in [5, 5.41) is 7.01. The van der Waals surface area contributed by atoms with Crippen LogP contribution < -0.4 is 16.4 Å². The molecule has 5 nitrogen and oxygen atoms in total. The fourth-order valence-electron chi connectivity index (χ4n) is 3.90. The quantitative estimate of drug-likeness (QED) is 0.151. The number of anilines is 3. The lowest BCUT2D eigenvalue weighted by Gasteiger charge is -2.28. The van der Waals surface area contributed by atoms with Gasteiger partial charge in [0.1, 0.15) is 5.84 Å². The molecule has 0 aromatic heterocycles. The van der Waals surface area contributed by atoms with Crippen LogP contribution in [0.15, 0.2) is 133 Å². The van der Waals surface area contributed by atoms with Gasteiger partial charge in [-0.3, -0.25) is 10.4 Å². The number of rotatable bonds is 4. The van der Waals surface area contributed by atoms with Gasteiger partial charge in [0.2, 0.25) is 0 Å². The number of aliphatic imine (C=N–C) groups is 1. The predicted octanol–water partition coefficient (Wildman–Crippen LogP) is 7.78. The Morgan fingerprint density at radius 1 is 0.842 bits per heavy atom. The summed E-state index contributed by atoms with van der Waals surface area (Å²) in [7, 11) is 0. The highest BCUT2D eigenvalue weighted by Gasteiger charge is 2.17. The Balaban J connectivity index is 0.000000307. The van der Waals surface area contributed by atoms with E-state index in [9.17, 15) is 0 Å². The standard InChI is InChI=1S/C24H21N3.C7H8N2.C2H6/c1-18-7-6-14-26-23-17-21(25)12-13-24(23)27(18)22-11-5-10-20(16-22)15-19-8-3-2-4-9-19;8-7(9)6-4-2-1-3-5-6;1-2/h2-14,16-17H,1,15,25H2;1-5H,(H3,8,9);1-2H3/b7-6-,26-14?;;. The topological polar surface area (TPSA) is 91.5 Å². The summed E-state index contributed by atoms with van der Waals surface area (Å²) in [6.07, 6.45) is 6.52. The minimum Gasteiger partial charge on any atom is -0.399 e. The van der Waals surface area contributed by atoms with E-state index in [1.807, 2.05) is 80.6 Å². The number of nitrogens with two attached hydrogens (primary N) is 2. The first-order chi connectivity index (χ1) is 18.5. The normalized spacial score (nSPS) is 12.5. The Labute approximate surface area is 226 Å². The summed E-state index contributed by atoms with van der Waals surface area (Å²) in [6, 6.07) is 34.0. The van der Waals surface area contributed by atoms with E-state index in [-0.39, 0.29) is 5.84 Å². The molecule has 0 radical (unpaired) electrons. The van der Waals surface area contributed by atoms with Crippen LogP contribution in [0.25, 0.3) is 0 Å². The molecule has 0 fully saturated rings. The largest absolute Gasteiger partial charge is 0.399 e. The molecular formula is C33H35N5. The van der Waals surface area contributed by atoms with Crippen LogP contribution in [0.2, 0.25) is 0 Å². The molecule has 0 bridgehead atoms. The molecule has 4 aromatic rings. The maximum absolute atomic E-state index is 7.01. The summed E-state index contributed by atoms with van der Waals surface area (Å²) in [5.74, 6) is 0.121. The average Bonchev–Trinajstić information content (AvgIpc) is 2.94. The highest BCUT2D eigenvalue weighted by molar-refractivity contribution is 5.94. The molecule has 0 aliphatic carbocycles. The maximum Gasteiger partial charge on any atom is 0.122 e. The molecule has 4 aromatic carbocycles. The number of benzene rings is 4. The average molecular weight is 502 g/mol. The monoisotopic (exact) mass is 501 g/mol. The van der Waals surface area contributed by atoms with Crippen LogP contribution in [-0.2, 0) is 6.42 Å². The first kappa shape index (κ1) is 27.7. The molecule has 0 atom stereocenters. The number of nitrogens with one attached hydrogen (secondary N) is 1. The molecule has 1 heterocycles. The molecule has 0 amide bonds. The van der Waals surface area contributed by atoms with Crippen molar-refractivity contribution in [2.75, 3.05) is 10.6 Å². The number of nitrogens with zero attached hydrogens (tertiary/aromatic N) is 2. The van der Waals surface area contributed by atoms with Crippen LogP contribution in [0.1, 0.15) is 30.5 Å². The second-order valence-electron chi connectivity index (χ2n) is 8.32. The third-order valence-corrected chi connectivity index (χ3v) is 5.62. The molecule has 1 aliphatic heterocycles.